The molecule has 2 rings (SSSR count). The van der Waals surface area contributed by atoms with Crippen LogP contribution in [0.3, 0.4) is 0 Å². The molecule has 0 fully saturated rings. The normalized spacial score (nSPS) is 16.9. The number of rotatable bonds is 2. The smallest absolute Gasteiger partial charge is 0.419 e. The Bertz CT molecular complexity index is 681. The fourth-order valence-corrected chi connectivity index (χ4v) is 2.49. The van der Waals surface area contributed by atoms with Crippen molar-refractivity contribution in [2.75, 3.05) is 11.4 Å². The van der Waals surface area contributed by atoms with E-state index < -0.39 is 58.5 Å². The lowest BCUT2D eigenvalue weighted by Crippen LogP contribution is -2.39. The summed E-state index contributed by atoms with van der Waals surface area (Å²) in [4.78, 5) is 23.3. The fraction of sp³-hybridized carbons (Fsp3) is 0.385. The molecule has 0 aliphatic carbocycles. The average Bonchev–Trinajstić information content (AvgIpc) is 2.53. The van der Waals surface area contributed by atoms with Crippen LogP contribution < -0.4 is 4.90 Å². The zero-order valence-electron chi connectivity index (χ0n) is 11.4. The van der Waals surface area contributed by atoms with Crippen LogP contribution in [0.2, 0.25) is 0 Å². The van der Waals surface area contributed by atoms with Gasteiger partial charge in [-0.3, -0.25) is 14.5 Å². The Morgan fingerprint density at radius 1 is 1.32 bits per heavy atom. The number of amides is 1. The van der Waals surface area contributed by atoms with Crippen molar-refractivity contribution in [3.8, 4) is 0 Å². The lowest BCUT2D eigenvalue weighted by Gasteiger charge is -2.18. The van der Waals surface area contributed by atoms with Gasteiger partial charge in [0.05, 0.1) is 16.7 Å². The molecular formula is C13H10F5NO3. The van der Waals surface area contributed by atoms with Gasteiger partial charge in [-0.05, 0) is 19.9 Å². The molecule has 0 saturated heterocycles. The van der Waals surface area contributed by atoms with Gasteiger partial charge in [-0.1, -0.05) is 0 Å². The number of hydrogen-bond donors (Lipinski definition) is 1. The largest absolute Gasteiger partial charge is 0.480 e. The summed E-state index contributed by atoms with van der Waals surface area (Å²) >= 11 is 0. The Morgan fingerprint density at radius 3 is 2.32 bits per heavy atom. The maximum Gasteiger partial charge on any atom is 0.419 e. The van der Waals surface area contributed by atoms with Gasteiger partial charge in [0.1, 0.15) is 18.2 Å². The van der Waals surface area contributed by atoms with E-state index in [9.17, 15) is 31.5 Å². The van der Waals surface area contributed by atoms with E-state index in [0.29, 0.717) is 4.90 Å². The predicted octanol–water partition coefficient (Wildman–Crippen LogP) is 2.69. The molecule has 1 N–H and O–H groups in total. The second-order valence-corrected chi connectivity index (χ2v) is 5.35. The molecule has 1 heterocycles. The molecule has 1 aromatic carbocycles. The van der Waals surface area contributed by atoms with Crippen LogP contribution in [0.25, 0.3) is 0 Å². The molecule has 0 saturated carbocycles. The standard InChI is InChI=1S/C13H10F5NO3/c1-12(2)8-9(15)5(13(16,17)18)3-6(14)10(8)19(11(12)22)4-7(20)21/h3H,4H2,1-2H3,(H,20,21). The predicted molar refractivity (Wildman–Crippen MR) is 64.4 cm³/mol. The van der Waals surface area contributed by atoms with Crippen molar-refractivity contribution in [1.29, 1.82) is 0 Å². The summed E-state index contributed by atoms with van der Waals surface area (Å²) in [5.41, 5.74) is -5.19. The third kappa shape index (κ3) is 2.20. The summed E-state index contributed by atoms with van der Waals surface area (Å²) in [5.74, 6) is -5.75. The van der Waals surface area contributed by atoms with Crippen LogP contribution in [0.15, 0.2) is 6.07 Å². The summed E-state index contributed by atoms with van der Waals surface area (Å²) in [6.07, 6.45) is -5.14. The van der Waals surface area contributed by atoms with Crippen LogP contribution in [0.1, 0.15) is 25.0 Å². The highest BCUT2D eigenvalue weighted by atomic mass is 19.4. The van der Waals surface area contributed by atoms with E-state index in [0.717, 1.165) is 13.8 Å². The number of carboxylic acids is 1. The third-order valence-electron chi connectivity index (χ3n) is 3.46. The van der Waals surface area contributed by atoms with Crippen LogP contribution in [0.5, 0.6) is 0 Å². The molecule has 22 heavy (non-hydrogen) atoms. The number of alkyl halides is 3. The second kappa shape index (κ2) is 4.65. The molecule has 0 bridgehead atoms. The summed E-state index contributed by atoms with van der Waals surface area (Å²) in [7, 11) is 0. The third-order valence-corrected chi connectivity index (χ3v) is 3.46. The first-order valence-electron chi connectivity index (χ1n) is 6.02. The molecule has 0 unspecified atom stereocenters. The number of carboxylic acid groups (broad SMARTS) is 1. The van der Waals surface area contributed by atoms with E-state index in [2.05, 4.69) is 0 Å². The number of carbonyl (C=O) groups is 2. The average molecular weight is 323 g/mol. The van der Waals surface area contributed by atoms with Crippen LogP contribution in [0.4, 0.5) is 27.6 Å². The lowest BCUT2D eigenvalue weighted by molar-refractivity contribution is -0.140. The number of nitrogens with zero attached hydrogens (tertiary/aromatic N) is 1. The van der Waals surface area contributed by atoms with Crippen LogP contribution in [-0.4, -0.2) is 23.5 Å². The minimum Gasteiger partial charge on any atom is -0.480 e. The topological polar surface area (TPSA) is 57.6 Å². The molecule has 9 heteroatoms. The Labute approximate surface area is 121 Å². The summed E-state index contributed by atoms with van der Waals surface area (Å²) in [6.45, 7) is 1.24. The van der Waals surface area contributed by atoms with Crippen molar-refractivity contribution in [1.82, 2.24) is 0 Å². The Hall–Kier alpha value is -2.19. The molecule has 1 aliphatic heterocycles. The van der Waals surface area contributed by atoms with E-state index in [1.165, 1.54) is 0 Å². The summed E-state index contributed by atoms with van der Waals surface area (Å²) in [5, 5.41) is 8.74. The first kappa shape index (κ1) is 16.2. The maximum absolute atomic E-state index is 14.2. The Kier molecular flexibility index (Phi) is 3.42. The monoisotopic (exact) mass is 323 g/mol. The van der Waals surface area contributed by atoms with Gasteiger partial charge in [0.2, 0.25) is 5.91 Å². The highest BCUT2D eigenvalue weighted by Gasteiger charge is 2.51. The fourth-order valence-electron chi connectivity index (χ4n) is 2.49. The first-order chi connectivity index (χ1) is 9.89. The first-order valence-corrected chi connectivity index (χ1v) is 6.02. The van der Waals surface area contributed by atoms with Crippen molar-refractivity contribution < 1.29 is 36.6 Å². The number of anilines is 1. The molecule has 0 aromatic heterocycles. The van der Waals surface area contributed by atoms with Crippen molar-refractivity contribution in [2.45, 2.75) is 25.4 Å². The lowest BCUT2D eigenvalue weighted by atomic mass is 9.84. The van der Waals surface area contributed by atoms with Crippen molar-refractivity contribution in [3.05, 3.63) is 28.8 Å². The Morgan fingerprint density at radius 2 is 1.86 bits per heavy atom. The molecule has 1 aromatic rings. The molecule has 1 aliphatic rings. The second-order valence-electron chi connectivity index (χ2n) is 5.35. The summed E-state index contributed by atoms with van der Waals surface area (Å²) < 4.78 is 66.5. The van der Waals surface area contributed by atoms with Crippen molar-refractivity contribution >= 4 is 17.6 Å². The molecular weight excluding hydrogens is 313 g/mol. The number of fused-ring (bicyclic) bond motifs is 1. The quantitative estimate of drug-likeness (QED) is 0.852. The van der Waals surface area contributed by atoms with E-state index in [1.54, 1.807) is 0 Å². The van der Waals surface area contributed by atoms with Gasteiger partial charge in [0.15, 0.2) is 0 Å². The zero-order valence-corrected chi connectivity index (χ0v) is 11.4. The van der Waals surface area contributed by atoms with E-state index in [-0.39, 0.29) is 6.07 Å². The van der Waals surface area contributed by atoms with Crippen molar-refractivity contribution in [3.63, 3.8) is 0 Å². The van der Waals surface area contributed by atoms with Crippen molar-refractivity contribution in [2.24, 2.45) is 0 Å². The molecule has 120 valence electrons. The SMILES string of the molecule is CC1(C)C(=O)N(CC(=O)O)c2c(F)cc(C(F)(F)F)c(F)c21. The van der Waals surface area contributed by atoms with Gasteiger partial charge in [-0.2, -0.15) is 13.2 Å². The maximum atomic E-state index is 14.2. The van der Waals surface area contributed by atoms with Gasteiger partial charge < -0.3 is 5.11 Å². The van der Waals surface area contributed by atoms with Gasteiger partial charge in [0, 0.05) is 5.56 Å². The molecule has 0 radical (unpaired) electrons. The minimum atomic E-state index is -5.14. The molecule has 4 nitrogen and oxygen atoms in total. The Balaban J connectivity index is 2.80. The van der Waals surface area contributed by atoms with E-state index >= 15 is 0 Å². The van der Waals surface area contributed by atoms with Crippen LogP contribution in [-0.2, 0) is 21.2 Å². The number of halogens is 5. The van der Waals surface area contributed by atoms with Gasteiger partial charge in [-0.15, -0.1) is 0 Å². The van der Waals surface area contributed by atoms with Crippen LogP contribution in [0, 0.1) is 11.6 Å². The molecule has 1 amide bonds. The van der Waals surface area contributed by atoms with Gasteiger partial charge in [-0.25, -0.2) is 8.78 Å². The highest BCUT2D eigenvalue weighted by molar-refractivity contribution is 6.10. The molecule has 0 spiro atoms. The number of carbonyl (C=O) groups excluding carboxylic acids is 1. The number of benzene rings is 1. The van der Waals surface area contributed by atoms with Crippen LogP contribution >= 0.6 is 0 Å². The summed E-state index contributed by atoms with van der Waals surface area (Å²) in [6, 6.07) is -0.0717. The minimum absolute atomic E-state index is 0.0717. The number of aliphatic carboxylic acids is 1. The van der Waals surface area contributed by atoms with Gasteiger partial charge >= 0.3 is 12.1 Å². The zero-order chi connectivity index (χ0) is 17.0. The van der Waals surface area contributed by atoms with E-state index in [4.69, 9.17) is 5.11 Å². The van der Waals surface area contributed by atoms with E-state index in [1.807, 2.05) is 0 Å². The number of hydrogen-bond acceptors (Lipinski definition) is 2. The highest BCUT2D eigenvalue weighted by Crippen LogP contribution is 2.47. The van der Waals surface area contributed by atoms with Gasteiger partial charge in [0.25, 0.3) is 0 Å². The molecule has 0 atom stereocenters.